The Morgan fingerprint density at radius 1 is 1.53 bits per heavy atom. The molecule has 0 aliphatic heterocycles. The summed E-state index contributed by atoms with van der Waals surface area (Å²) in [5.74, 6) is 0. The van der Waals surface area contributed by atoms with Gasteiger partial charge in [0.15, 0.2) is 4.77 Å². The van der Waals surface area contributed by atoms with Crippen LogP contribution >= 0.6 is 12.2 Å². The lowest BCUT2D eigenvalue weighted by atomic mass is 10.0. The van der Waals surface area contributed by atoms with Gasteiger partial charge in [-0.2, -0.15) is 0 Å². The molecule has 15 heavy (non-hydrogen) atoms. The Labute approximate surface area is 94.2 Å². The molecule has 0 fully saturated rings. The monoisotopic (exact) mass is 221 g/mol. The molecule has 0 aliphatic carbocycles. The number of aromatic nitrogens is 3. The van der Waals surface area contributed by atoms with Crippen LogP contribution in [-0.4, -0.2) is 14.5 Å². The van der Waals surface area contributed by atoms with Gasteiger partial charge in [0.05, 0.1) is 17.2 Å². The van der Waals surface area contributed by atoms with Crippen molar-refractivity contribution >= 4 is 23.3 Å². The van der Waals surface area contributed by atoms with Gasteiger partial charge in [-0.25, -0.2) is 0 Å². The van der Waals surface area contributed by atoms with E-state index in [1.807, 2.05) is 12.3 Å². The van der Waals surface area contributed by atoms with Gasteiger partial charge in [-0.1, -0.05) is 6.92 Å². The van der Waals surface area contributed by atoms with Gasteiger partial charge in [-0.15, -0.1) is 0 Å². The number of nitrogens with zero attached hydrogens (tertiary/aromatic N) is 2. The maximum absolute atomic E-state index is 5.35. The predicted molar refractivity (Wildman–Crippen MR) is 64.5 cm³/mol. The fourth-order valence-corrected chi connectivity index (χ4v) is 2.17. The predicted octanol–water partition coefficient (Wildman–Crippen LogP) is 3.24. The summed E-state index contributed by atoms with van der Waals surface area (Å²) >= 11 is 5.35. The van der Waals surface area contributed by atoms with Crippen LogP contribution in [0.4, 0.5) is 0 Å². The van der Waals surface area contributed by atoms with E-state index in [1.54, 1.807) is 6.20 Å². The number of pyridine rings is 1. The molecule has 4 heteroatoms. The lowest BCUT2D eigenvalue weighted by Gasteiger charge is -2.25. The van der Waals surface area contributed by atoms with E-state index in [-0.39, 0.29) is 5.54 Å². The molecule has 2 heterocycles. The molecule has 0 saturated heterocycles. The van der Waals surface area contributed by atoms with E-state index >= 15 is 0 Å². The van der Waals surface area contributed by atoms with Crippen LogP contribution in [0.5, 0.6) is 0 Å². The molecule has 0 spiro atoms. The summed E-state index contributed by atoms with van der Waals surface area (Å²) in [6.45, 7) is 6.55. The second-order valence-electron chi connectivity index (χ2n) is 4.32. The zero-order chi connectivity index (χ0) is 11.1. The minimum absolute atomic E-state index is 0.0384. The van der Waals surface area contributed by atoms with Crippen LogP contribution in [0.3, 0.4) is 0 Å². The van der Waals surface area contributed by atoms with Crippen molar-refractivity contribution in [3.05, 3.63) is 23.2 Å². The minimum Gasteiger partial charge on any atom is -0.329 e. The number of hydrogen-bond donors (Lipinski definition) is 1. The quantitative estimate of drug-likeness (QED) is 0.790. The molecule has 0 radical (unpaired) electrons. The number of imidazole rings is 1. The lowest BCUT2D eigenvalue weighted by Crippen LogP contribution is -2.25. The molecule has 2 rings (SSSR count). The van der Waals surface area contributed by atoms with Crippen LogP contribution < -0.4 is 0 Å². The maximum Gasteiger partial charge on any atom is 0.178 e. The molecule has 2 aromatic rings. The van der Waals surface area contributed by atoms with Crippen LogP contribution in [0.25, 0.3) is 11.0 Å². The fraction of sp³-hybridized carbons (Fsp3) is 0.455. The highest BCUT2D eigenvalue weighted by atomic mass is 32.1. The van der Waals surface area contributed by atoms with Gasteiger partial charge in [-0.3, -0.25) is 4.98 Å². The van der Waals surface area contributed by atoms with Crippen molar-refractivity contribution in [3.8, 4) is 0 Å². The van der Waals surface area contributed by atoms with Crippen LogP contribution in [0.1, 0.15) is 27.2 Å². The maximum atomic E-state index is 5.35. The summed E-state index contributed by atoms with van der Waals surface area (Å²) in [4.78, 5) is 7.27. The van der Waals surface area contributed by atoms with E-state index in [2.05, 4.69) is 35.3 Å². The van der Waals surface area contributed by atoms with Gasteiger partial charge in [0.2, 0.25) is 0 Å². The summed E-state index contributed by atoms with van der Waals surface area (Å²) in [6.07, 6.45) is 4.65. The zero-order valence-corrected chi connectivity index (χ0v) is 10.1. The SMILES string of the molecule is CCC(C)(C)n1c(=S)[nH]c2cnccc21. The Hall–Kier alpha value is -1.16. The zero-order valence-electron chi connectivity index (χ0n) is 9.24. The second-order valence-corrected chi connectivity index (χ2v) is 4.71. The van der Waals surface area contributed by atoms with Gasteiger partial charge in [0, 0.05) is 11.7 Å². The molecule has 80 valence electrons. The Bertz CT molecular complexity index is 536. The van der Waals surface area contributed by atoms with Crippen LogP contribution in [0.15, 0.2) is 18.5 Å². The highest BCUT2D eigenvalue weighted by Gasteiger charge is 2.20. The van der Waals surface area contributed by atoms with Crippen molar-refractivity contribution in [1.82, 2.24) is 14.5 Å². The summed E-state index contributed by atoms with van der Waals surface area (Å²) in [6, 6.07) is 2.00. The molecule has 1 N–H and O–H groups in total. The smallest absolute Gasteiger partial charge is 0.178 e. The molecule has 0 aliphatic rings. The number of fused-ring (bicyclic) bond motifs is 1. The molecular weight excluding hydrogens is 206 g/mol. The first-order chi connectivity index (χ1) is 7.06. The Morgan fingerprint density at radius 3 is 2.93 bits per heavy atom. The standard InChI is InChI=1S/C11H15N3S/c1-4-11(2,3)14-9-5-6-12-7-8(9)13-10(14)15/h5-7H,4H2,1-3H3,(H,13,15). The van der Waals surface area contributed by atoms with Crippen molar-refractivity contribution < 1.29 is 0 Å². The molecule has 0 aromatic carbocycles. The average Bonchev–Trinajstić information content (AvgIpc) is 2.54. The van der Waals surface area contributed by atoms with Crippen molar-refractivity contribution in [1.29, 1.82) is 0 Å². The Kier molecular flexibility index (Phi) is 2.38. The number of H-pyrrole nitrogens is 1. The topological polar surface area (TPSA) is 33.6 Å². The summed E-state index contributed by atoms with van der Waals surface area (Å²) in [7, 11) is 0. The summed E-state index contributed by atoms with van der Waals surface area (Å²) in [5, 5.41) is 0. The number of aromatic amines is 1. The first kappa shape index (κ1) is 10.4. The molecule has 0 amide bonds. The molecular formula is C11H15N3S. The van der Waals surface area contributed by atoms with E-state index in [4.69, 9.17) is 12.2 Å². The van der Waals surface area contributed by atoms with Gasteiger partial charge in [-0.05, 0) is 38.6 Å². The van der Waals surface area contributed by atoms with E-state index in [9.17, 15) is 0 Å². The lowest BCUT2D eigenvalue weighted by molar-refractivity contribution is 0.348. The highest BCUT2D eigenvalue weighted by Crippen LogP contribution is 2.25. The number of nitrogens with one attached hydrogen (secondary N) is 1. The van der Waals surface area contributed by atoms with E-state index in [0.717, 1.165) is 22.2 Å². The van der Waals surface area contributed by atoms with Crippen LogP contribution in [0.2, 0.25) is 0 Å². The first-order valence-corrected chi connectivity index (χ1v) is 5.52. The van der Waals surface area contributed by atoms with E-state index in [0.29, 0.717) is 0 Å². The molecule has 0 bridgehead atoms. The number of rotatable bonds is 2. The highest BCUT2D eigenvalue weighted by molar-refractivity contribution is 7.71. The number of hydrogen-bond acceptors (Lipinski definition) is 2. The van der Waals surface area contributed by atoms with Gasteiger partial charge < -0.3 is 9.55 Å². The van der Waals surface area contributed by atoms with Crippen LogP contribution in [0, 0.1) is 4.77 Å². The summed E-state index contributed by atoms with van der Waals surface area (Å²) < 4.78 is 2.93. The van der Waals surface area contributed by atoms with Crippen molar-refractivity contribution in [2.24, 2.45) is 0 Å². The third-order valence-corrected chi connectivity index (χ3v) is 3.24. The van der Waals surface area contributed by atoms with E-state index in [1.165, 1.54) is 0 Å². The second kappa shape index (κ2) is 3.45. The Morgan fingerprint density at radius 2 is 2.27 bits per heavy atom. The van der Waals surface area contributed by atoms with Crippen LogP contribution in [-0.2, 0) is 5.54 Å². The molecule has 0 atom stereocenters. The minimum atomic E-state index is 0.0384. The van der Waals surface area contributed by atoms with Gasteiger partial charge in [0.25, 0.3) is 0 Å². The summed E-state index contributed by atoms with van der Waals surface area (Å²) in [5.41, 5.74) is 2.17. The van der Waals surface area contributed by atoms with Gasteiger partial charge in [0.1, 0.15) is 0 Å². The molecule has 0 saturated carbocycles. The van der Waals surface area contributed by atoms with E-state index < -0.39 is 0 Å². The normalized spacial score (nSPS) is 12.2. The largest absolute Gasteiger partial charge is 0.329 e. The van der Waals surface area contributed by atoms with Crippen molar-refractivity contribution in [3.63, 3.8) is 0 Å². The third-order valence-electron chi connectivity index (χ3n) is 2.95. The first-order valence-electron chi connectivity index (χ1n) is 5.11. The molecule has 2 aromatic heterocycles. The van der Waals surface area contributed by atoms with Gasteiger partial charge >= 0.3 is 0 Å². The fourth-order valence-electron chi connectivity index (χ4n) is 1.72. The molecule has 3 nitrogen and oxygen atoms in total. The van der Waals surface area contributed by atoms with Crippen molar-refractivity contribution in [2.45, 2.75) is 32.7 Å². The molecule has 0 unspecified atom stereocenters. The third kappa shape index (κ3) is 1.59. The van der Waals surface area contributed by atoms with Crippen molar-refractivity contribution in [2.75, 3.05) is 0 Å². The average molecular weight is 221 g/mol. The Balaban J connectivity index is 2.80.